The lowest BCUT2D eigenvalue weighted by atomic mass is 9.83. The molecule has 2 atom stereocenters. The van der Waals surface area contributed by atoms with Crippen molar-refractivity contribution in [2.45, 2.75) is 605 Å². The van der Waals surface area contributed by atoms with Crippen LogP contribution in [0.3, 0.4) is 0 Å². The third kappa shape index (κ3) is 32.8. The molecular weight excluding hydrogens is 1840 g/mol. The summed E-state index contributed by atoms with van der Waals surface area (Å²) in [5, 5.41) is 17.9. The monoisotopic (exact) mass is 2060 g/mol. The highest BCUT2D eigenvalue weighted by molar-refractivity contribution is 6.13. The molecule has 0 radical (unpaired) electrons. The Morgan fingerprint density at radius 3 is 0.611 bits per heavy atom. The zero-order valence-corrected chi connectivity index (χ0v) is 96.6. The van der Waals surface area contributed by atoms with Crippen molar-refractivity contribution in [1.82, 2.24) is 35.6 Å². The number of aliphatic imine (C=N–C) groups is 2. The molecule has 10 bridgehead atoms. The Kier molecular flexibility index (Phi) is 54.0. The Balaban J connectivity index is 0.974. The highest BCUT2D eigenvalue weighted by Gasteiger charge is 2.84. The molecule has 1 aromatic heterocycles. The van der Waals surface area contributed by atoms with Crippen molar-refractivity contribution < 1.29 is 37.9 Å². The first-order chi connectivity index (χ1) is 73.8. The van der Waals surface area contributed by atoms with E-state index in [2.05, 4.69) is 139 Å². The average molecular weight is 2060 g/mol. The molecular formula is C130H215N11O8. The van der Waals surface area contributed by atoms with Crippen molar-refractivity contribution >= 4 is 23.6 Å². The minimum atomic E-state index is -1.32. The number of anilines is 2. The van der Waals surface area contributed by atoms with E-state index in [0.717, 1.165) is 205 Å². The Hall–Kier alpha value is -7.12. The second-order valence-corrected chi connectivity index (χ2v) is 46.3. The number of nitrogens with zero attached hydrogens (tertiary/aromatic N) is 8. The van der Waals surface area contributed by atoms with Gasteiger partial charge in [0, 0.05) is 46.5 Å². The van der Waals surface area contributed by atoms with Crippen LogP contribution in [0, 0.1) is 0 Å². The van der Waals surface area contributed by atoms with E-state index in [0.29, 0.717) is 77.8 Å². The summed E-state index contributed by atoms with van der Waals surface area (Å²) in [6, 6.07) is 18.8. The molecule has 5 aromatic rings. The smallest absolute Gasteiger partial charge is 0.253 e. The van der Waals surface area contributed by atoms with Crippen molar-refractivity contribution in [3.05, 3.63) is 93.0 Å². The first-order valence-electron chi connectivity index (χ1n) is 64.4. The molecule has 0 saturated carbocycles. The number of ether oxygens (including phenoxy) is 8. The molecule has 2 fully saturated rings. The molecule has 12 aliphatic rings. The molecule has 13 heterocycles. The SMILES string of the molecule is CCCCCCCCCCCCOc1cc2c(cc1OCCCCCCCCCCCC)C1(NC2)N2C3=NC4(c5cc(OCCCCCCCCCCCC)c(OCCCCCCCCCCCC)cc53)N3c5n[nH]c(n5)N4C34N=C(c3cc(OCCCCCCCCCCCC)c(OCCCCCCCCCCCC)cc34)N1C21NCc2cc(OCCCCCCCCCCCC)c(OCCCCCCCCCCCC)cc21. The molecule has 19 heteroatoms. The van der Waals surface area contributed by atoms with E-state index in [4.69, 9.17) is 58.0 Å². The lowest BCUT2D eigenvalue weighted by Crippen LogP contribution is -2.91. The summed E-state index contributed by atoms with van der Waals surface area (Å²) in [5.74, 6) is 3.73. The van der Waals surface area contributed by atoms with Crippen LogP contribution in [0.25, 0.3) is 0 Å². The van der Waals surface area contributed by atoms with Crippen LogP contribution in [0.1, 0.15) is 614 Å². The number of aromatic nitrogens is 3. The molecule has 17 rings (SSSR count). The summed E-state index contributed by atoms with van der Waals surface area (Å²) in [4.78, 5) is 28.9. The summed E-state index contributed by atoms with van der Waals surface area (Å²) in [7, 11) is 0. The van der Waals surface area contributed by atoms with Gasteiger partial charge in [0.05, 0.1) is 52.9 Å². The molecule has 2 saturated heterocycles. The van der Waals surface area contributed by atoms with Crippen LogP contribution in [0.15, 0.2) is 58.5 Å². The van der Waals surface area contributed by atoms with Gasteiger partial charge in [-0.05, 0) is 111 Å². The van der Waals surface area contributed by atoms with E-state index in [9.17, 15) is 0 Å². The third-order valence-electron chi connectivity index (χ3n) is 33.9. The van der Waals surface area contributed by atoms with Gasteiger partial charge >= 0.3 is 0 Å². The van der Waals surface area contributed by atoms with E-state index in [1.807, 2.05) is 0 Å². The number of benzene rings is 4. The second-order valence-electron chi connectivity index (χ2n) is 46.3. The van der Waals surface area contributed by atoms with E-state index in [1.165, 1.54) is 411 Å². The Morgan fingerprint density at radius 1 is 0.215 bits per heavy atom. The molecule has 149 heavy (non-hydrogen) atoms. The standard InChI is InChI=1S/C130H215N11O8/c1-9-17-25-33-41-49-57-65-73-81-89-142-115-97-107-105-131-127(111(107)101-119(115)146-93-85-77-69-61-53-45-37-29-21-13-5)138-123-109-99-117(144-91-83-75-67-59-51-43-35-27-19-11-3)121(148-95-87-79-71-63-55-47-39-31-23-15-7)103-113(109)129(134-123)140-125-133-126(137-136-125)141(129)130(140)114-104-122(149-96-88-80-72-64-56-48-40-32-24-16-8)118(145-92-84-76-68-60-52-44-36-28-20-12-4)100-110(114)124(135-130)139(127)128(138)112-102-120(147-94-86-78-70-62-54-46-38-30-22-14-6)116(98-108(112)106-132-128)143-90-82-74-66-58-50-42-34-26-18-10-2/h97-104,131-132H,9-96,105-106H2,1-8H3,(H,133,136,137). The molecule has 838 valence electrons. The maximum Gasteiger partial charge on any atom is 0.253 e. The molecule has 3 N–H and O–H groups in total. The first kappa shape index (κ1) is 119. The van der Waals surface area contributed by atoms with Gasteiger partial charge in [0.25, 0.3) is 17.5 Å². The largest absolute Gasteiger partial charge is 0.490 e. The Bertz CT molecular complexity index is 4290. The maximum absolute atomic E-state index is 7.48. The highest BCUT2D eigenvalue weighted by Crippen LogP contribution is 2.73. The summed E-state index contributed by atoms with van der Waals surface area (Å²) in [5.41, 5.74) is 8.24. The molecule has 2 unspecified atom stereocenters. The summed E-state index contributed by atoms with van der Waals surface area (Å²) < 4.78 is 59.3. The van der Waals surface area contributed by atoms with Crippen LogP contribution in [-0.2, 0) is 36.2 Å². The van der Waals surface area contributed by atoms with E-state index < -0.39 is 23.1 Å². The Morgan fingerprint density at radius 2 is 0.403 bits per heavy atom. The molecule has 19 nitrogen and oxygen atoms in total. The topological polar surface area (TPSA) is 177 Å². The van der Waals surface area contributed by atoms with E-state index in [1.54, 1.807) is 0 Å². The number of hydrogen-bond donors (Lipinski definition) is 3. The van der Waals surface area contributed by atoms with Gasteiger partial charge in [-0.25, -0.2) is 24.9 Å². The number of unbranched alkanes of at least 4 members (excludes halogenated alkanes) is 72. The summed E-state index contributed by atoms with van der Waals surface area (Å²) in [6.45, 7) is 24.2. The third-order valence-corrected chi connectivity index (χ3v) is 33.9. The van der Waals surface area contributed by atoms with Gasteiger partial charge in [-0.3, -0.25) is 20.4 Å². The summed E-state index contributed by atoms with van der Waals surface area (Å²) in [6.07, 6.45) is 99.7. The zero-order chi connectivity index (χ0) is 104. The highest BCUT2D eigenvalue weighted by atomic mass is 16.5. The van der Waals surface area contributed by atoms with E-state index >= 15 is 0 Å². The Labute approximate surface area is 908 Å². The van der Waals surface area contributed by atoms with Gasteiger partial charge in [0.15, 0.2) is 46.0 Å². The lowest BCUT2D eigenvalue weighted by molar-refractivity contribution is -0.277. The predicted octanol–water partition coefficient (Wildman–Crippen LogP) is 37.4. The summed E-state index contributed by atoms with van der Waals surface area (Å²) >= 11 is 0. The molecule has 4 aromatic carbocycles. The van der Waals surface area contributed by atoms with Gasteiger partial charge < -0.3 is 37.9 Å². The molecule has 12 aliphatic heterocycles. The number of amidine groups is 2. The first-order valence-corrected chi connectivity index (χ1v) is 64.4. The normalized spacial score (nSPS) is 17.9. The number of rotatable bonds is 96. The van der Waals surface area contributed by atoms with Gasteiger partial charge in [-0.15, -0.1) is 5.10 Å². The fourth-order valence-electron chi connectivity index (χ4n) is 25.1. The van der Waals surface area contributed by atoms with E-state index in [-0.39, 0.29) is 0 Å². The van der Waals surface area contributed by atoms with Crippen LogP contribution < -0.4 is 58.3 Å². The number of H-pyrrole nitrogens is 1. The van der Waals surface area contributed by atoms with Crippen molar-refractivity contribution in [3.63, 3.8) is 0 Å². The van der Waals surface area contributed by atoms with Crippen molar-refractivity contribution in [2.75, 3.05) is 62.7 Å². The molecule has 4 spiro atoms. The number of hydrogen-bond acceptors (Lipinski definition) is 18. The number of aromatic amines is 1. The number of fused-ring (bicyclic) bond motifs is 2. The van der Waals surface area contributed by atoms with Crippen LogP contribution in [0.4, 0.5) is 11.9 Å². The maximum atomic E-state index is 7.48. The van der Waals surface area contributed by atoms with Gasteiger partial charge in [0.2, 0.25) is 17.5 Å². The molecule has 0 amide bonds. The fourth-order valence-corrected chi connectivity index (χ4v) is 25.1. The molecule has 0 aliphatic carbocycles. The average Bonchev–Trinajstić information content (AvgIpc) is 1.43. The quantitative estimate of drug-likeness (QED) is 0.0313. The van der Waals surface area contributed by atoms with Crippen LogP contribution in [-0.4, -0.2) is 89.5 Å². The van der Waals surface area contributed by atoms with Crippen molar-refractivity contribution in [2.24, 2.45) is 9.98 Å². The zero-order valence-electron chi connectivity index (χ0n) is 96.6. The van der Waals surface area contributed by atoms with Crippen LogP contribution in [0.5, 0.6) is 46.0 Å². The van der Waals surface area contributed by atoms with Gasteiger partial charge in [-0.2, -0.15) is 4.98 Å². The van der Waals surface area contributed by atoms with Crippen molar-refractivity contribution in [1.29, 1.82) is 0 Å². The second kappa shape index (κ2) is 67.6. The minimum Gasteiger partial charge on any atom is -0.490 e. The lowest BCUT2D eigenvalue weighted by Gasteiger charge is -2.72. The fraction of sp³-hybridized carbons (Fsp3) is 0.785. The van der Waals surface area contributed by atoms with Crippen LogP contribution in [0.2, 0.25) is 0 Å². The van der Waals surface area contributed by atoms with Crippen LogP contribution >= 0.6 is 0 Å². The number of nitrogens with one attached hydrogen (secondary N) is 3. The predicted molar refractivity (Wildman–Crippen MR) is 623 cm³/mol. The van der Waals surface area contributed by atoms with Gasteiger partial charge in [0.1, 0.15) is 11.7 Å². The minimum absolute atomic E-state index is 0.516. The van der Waals surface area contributed by atoms with Crippen molar-refractivity contribution in [3.8, 4) is 46.0 Å². The van der Waals surface area contributed by atoms with Gasteiger partial charge in [-0.1, -0.05) is 518 Å².